The van der Waals surface area contributed by atoms with Crippen LogP contribution in [0.3, 0.4) is 0 Å². The number of allylic oxidation sites excluding steroid dienone is 2. The predicted molar refractivity (Wildman–Crippen MR) is 72.5 cm³/mol. The molecule has 100 valence electrons. The number of hydrogen-bond acceptors (Lipinski definition) is 4. The molecule has 1 aromatic rings. The van der Waals surface area contributed by atoms with E-state index in [0.29, 0.717) is 5.57 Å². The number of esters is 1. The number of rotatable bonds is 3. The molecule has 0 spiro atoms. The molecule has 0 radical (unpaired) electrons. The fourth-order valence-corrected chi connectivity index (χ4v) is 1.88. The van der Waals surface area contributed by atoms with Crippen LogP contribution in [0.15, 0.2) is 23.8 Å². The summed E-state index contributed by atoms with van der Waals surface area (Å²) >= 11 is 0. The van der Waals surface area contributed by atoms with Gasteiger partial charge in [-0.2, -0.15) is 0 Å². The summed E-state index contributed by atoms with van der Waals surface area (Å²) in [6.07, 6.45) is 7.58. The van der Waals surface area contributed by atoms with Gasteiger partial charge in [0.05, 0.1) is 28.3 Å². The number of nitrogens with zero attached hydrogens (tertiary/aromatic N) is 2. The first-order chi connectivity index (χ1) is 9.08. The van der Waals surface area contributed by atoms with E-state index in [1.54, 1.807) is 0 Å². The van der Waals surface area contributed by atoms with E-state index in [4.69, 9.17) is 4.74 Å². The lowest BCUT2D eigenvalue weighted by Gasteiger charge is -2.10. The minimum atomic E-state index is -0.296. The van der Waals surface area contributed by atoms with Crippen molar-refractivity contribution in [3.05, 3.63) is 46.6 Å². The molecule has 1 heterocycles. The van der Waals surface area contributed by atoms with Crippen molar-refractivity contribution >= 4 is 5.97 Å². The van der Waals surface area contributed by atoms with E-state index in [0.717, 1.165) is 35.6 Å². The third-order valence-electron chi connectivity index (χ3n) is 3.15. The van der Waals surface area contributed by atoms with Crippen LogP contribution < -0.4 is 0 Å². The summed E-state index contributed by atoms with van der Waals surface area (Å²) in [5, 5.41) is 0. The minimum absolute atomic E-state index is 0.171. The molecule has 0 amide bonds. The van der Waals surface area contributed by atoms with Crippen LogP contribution in [0.5, 0.6) is 0 Å². The van der Waals surface area contributed by atoms with Crippen LogP contribution in [-0.4, -0.2) is 15.9 Å². The van der Waals surface area contributed by atoms with Crippen molar-refractivity contribution < 1.29 is 9.53 Å². The second kappa shape index (κ2) is 5.78. The molecular formula is C15H18N2O2. The molecule has 0 N–H and O–H groups in total. The highest BCUT2D eigenvalue weighted by atomic mass is 16.5. The molecule has 0 saturated heterocycles. The van der Waals surface area contributed by atoms with Crippen molar-refractivity contribution in [2.45, 2.75) is 40.2 Å². The largest absolute Gasteiger partial charge is 0.456 e. The van der Waals surface area contributed by atoms with Crippen molar-refractivity contribution in [3.8, 4) is 0 Å². The predicted octanol–water partition coefficient (Wildman–Crippen LogP) is 2.72. The maximum atomic E-state index is 11.8. The van der Waals surface area contributed by atoms with Gasteiger partial charge in [0.25, 0.3) is 0 Å². The smallest absolute Gasteiger partial charge is 0.338 e. The molecule has 4 heteroatoms. The minimum Gasteiger partial charge on any atom is -0.456 e. The van der Waals surface area contributed by atoms with Gasteiger partial charge in [0.2, 0.25) is 0 Å². The molecular weight excluding hydrogens is 240 g/mol. The van der Waals surface area contributed by atoms with E-state index in [1.807, 2.05) is 39.0 Å². The molecule has 0 saturated carbocycles. The van der Waals surface area contributed by atoms with Gasteiger partial charge < -0.3 is 4.74 Å². The Hall–Kier alpha value is -1.97. The highest BCUT2D eigenvalue weighted by molar-refractivity contribution is 5.91. The maximum absolute atomic E-state index is 11.8. The lowest BCUT2D eigenvalue weighted by atomic mass is 10.1. The normalized spacial score (nSPS) is 14.2. The molecule has 0 bridgehead atoms. The third kappa shape index (κ3) is 3.28. The second-order valence-corrected chi connectivity index (χ2v) is 4.64. The van der Waals surface area contributed by atoms with Gasteiger partial charge in [-0.3, -0.25) is 9.97 Å². The van der Waals surface area contributed by atoms with Gasteiger partial charge in [-0.25, -0.2) is 4.79 Å². The topological polar surface area (TPSA) is 52.1 Å². The molecule has 19 heavy (non-hydrogen) atoms. The fourth-order valence-electron chi connectivity index (χ4n) is 1.88. The Morgan fingerprint density at radius 3 is 2.58 bits per heavy atom. The number of ether oxygens (including phenoxy) is 1. The average Bonchev–Trinajstić information content (AvgIpc) is 2.42. The van der Waals surface area contributed by atoms with Gasteiger partial charge in [-0.05, 0) is 33.6 Å². The Balaban J connectivity index is 2.03. The molecule has 0 fully saturated rings. The molecule has 0 aromatic carbocycles. The van der Waals surface area contributed by atoms with Crippen LogP contribution in [0.2, 0.25) is 0 Å². The summed E-state index contributed by atoms with van der Waals surface area (Å²) in [6.45, 7) is 5.87. The fraction of sp³-hybridized carbons (Fsp3) is 0.400. The highest BCUT2D eigenvalue weighted by Crippen LogP contribution is 2.13. The van der Waals surface area contributed by atoms with Crippen LogP contribution in [-0.2, 0) is 16.1 Å². The third-order valence-corrected chi connectivity index (χ3v) is 3.15. The number of hydrogen-bond donors (Lipinski definition) is 0. The SMILES string of the molecule is Cc1nc(C)c(COC(=O)C2=CCCC=C2)nc1C. The number of aromatic nitrogens is 2. The number of carbonyl (C=O) groups is 1. The van der Waals surface area contributed by atoms with E-state index in [1.165, 1.54) is 0 Å². The lowest BCUT2D eigenvalue weighted by molar-refractivity contribution is -0.140. The Labute approximate surface area is 113 Å². The molecule has 0 atom stereocenters. The van der Waals surface area contributed by atoms with Gasteiger partial charge in [0.1, 0.15) is 6.61 Å². The quantitative estimate of drug-likeness (QED) is 0.782. The molecule has 1 aliphatic carbocycles. The highest BCUT2D eigenvalue weighted by Gasteiger charge is 2.12. The summed E-state index contributed by atoms with van der Waals surface area (Å²) in [4.78, 5) is 20.6. The van der Waals surface area contributed by atoms with Crippen LogP contribution >= 0.6 is 0 Å². The van der Waals surface area contributed by atoms with E-state index >= 15 is 0 Å². The van der Waals surface area contributed by atoms with E-state index in [-0.39, 0.29) is 12.6 Å². The Morgan fingerprint density at radius 2 is 1.89 bits per heavy atom. The van der Waals surface area contributed by atoms with Crippen LogP contribution in [0.4, 0.5) is 0 Å². The number of carbonyl (C=O) groups excluding carboxylic acids is 1. The van der Waals surface area contributed by atoms with Gasteiger partial charge in [0.15, 0.2) is 0 Å². The Morgan fingerprint density at radius 1 is 1.16 bits per heavy atom. The summed E-state index contributed by atoms with van der Waals surface area (Å²) in [7, 11) is 0. The monoisotopic (exact) mass is 258 g/mol. The summed E-state index contributed by atoms with van der Waals surface area (Å²) in [6, 6.07) is 0. The van der Waals surface area contributed by atoms with E-state index in [9.17, 15) is 4.79 Å². The zero-order valence-corrected chi connectivity index (χ0v) is 11.6. The summed E-state index contributed by atoms with van der Waals surface area (Å²) < 4.78 is 5.28. The average molecular weight is 258 g/mol. The summed E-state index contributed by atoms with van der Waals surface area (Å²) in [5.74, 6) is -0.296. The number of aryl methyl sites for hydroxylation is 3. The standard InChI is InChI=1S/C15H18N2O2/c1-10-11(2)17-14(12(3)16-10)9-19-15(18)13-7-5-4-6-8-13/h5,7-8H,4,6,9H2,1-3H3. The van der Waals surface area contributed by atoms with E-state index in [2.05, 4.69) is 9.97 Å². The second-order valence-electron chi connectivity index (χ2n) is 4.64. The molecule has 0 aliphatic heterocycles. The zero-order valence-electron chi connectivity index (χ0n) is 11.6. The molecule has 4 nitrogen and oxygen atoms in total. The Bertz CT molecular complexity index is 560. The molecule has 1 aromatic heterocycles. The summed E-state index contributed by atoms with van der Waals surface area (Å²) in [5.41, 5.74) is 3.93. The van der Waals surface area contributed by atoms with Crippen LogP contribution in [0.25, 0.3) is 0 Å². The maximum Gasteiger partial charge on any atom is 0.338 e. The van der Waals surface area contributed by atoms with Gasteiger partial charge >= 0.3 is 5.97 Å². The molecule has 1 aliphatic rings. The first-order valence-corrected chi connectivity index (χ1v) is 6.42. The van der Waals surface area contributed by atoms with Crippen LogP contribution in [0.1, 0.15) is 35.6 Å². The van der Waals surface area contributed by atoms with Crippen molar-refractivity contribution in [2.24, 2.45) is 0 Å². The first-order valence-electron chi connectivity index (χ1n) is 6.42. The van der Waals surface area contributed by atoms with Gasteiger partial charge in [-0.1, -0.05) is 18.2 Å². The van der Waals surface area contributed by atoms with Gasteiger partial charge in [-0.15, -0.1) is 0 Å². The first kappa shape index (κ1) is 13.5. The van der Waals surface area contributed by atoms with Gasteiger partial charge in [0, 0.05) is 0 Å². The van der Waals surface area contributed by atoms with E-state index < -0.39 is 0 Å². The van der Waals surface area contributed by atoms with Crippen molar-refractivity contribution in [3.63, 3.8) is 0 Å². The van der Waals surface area contributed by atoms with Crippen LogP contribution in [0, 0.1) is 20.8 Å². The Kier molecular flexibility index (Phi) is 4.10. The van der Waals surface area contributed by atoms with Crippen molar-refractivity contribution in [1.29, 1.82) is 0 Å². The van der Waals surface area contributed by atoms with Crippen molar-refractivity contribution in [2.75, 3.05) is 0 Å². The molecule has 2 rings (SSSR count). The zero-order chi connectivity index (χ0) is 13.8. The lowest BCUT2D eigenvalue weighted by Crippen LogP contribution is -2.11. The van der Waals surface area contributed by atoms with Crippen molar-refractivity contribution in [1.82, 2.24) is 9.97 Å². The molecule has 0 unspecified atom stereocenters.